The van der Waals surface area contributed by atoms with E-state index in [1.807, 2.05) is 42.5 Å². The van der Waals surface area contributed by atoms with Gasteiger partial charge in [0, 0.05) is 30.4 Å². The number of carbonyl (C=O) groups excluding carboxylic acids is 1. The smallest absolute Gasteiger partial charge is 0.226 e. The van der Waals surface area contributed by atoms with Crippen molar-refractivity contribution in [1.82, 2.24) is 15.2 Å². The van der Waals surface area contributed by atoms with E-state index < -0.39 is 0 Å². The van der Waals surface area contributed by atoms with Gasteiger partial charge in [0.15, 0.2) is 5.82 Å². The Labute approximate surface area is 145 Å². The van der Waals surface area contributed by atoms with Gasteiger partial charge in [-0.3, -0.25) is 14.9 Å². The van der Waals surface area contributed by atoms with Gasteiger partial charge in [0.25, 0.3) is 0 Å². The maximum Gasteiger partial charge on any atom is 0.226 e. The third-order valence-electron chi connectivity index (χ3n) is 4.35. The van der Waals surface area contributed by atoms with Gasteiger partial charge in [-0.15, -0.1) is 0 Å². The van der Waals surface area contributed by atoms with Gasteiger partial charge in [-0.2, -0.15) is 5.10 Å². The van der Waals surface area contributed by atoms with Gasteiger partial charge in [-0.05, 0) is 36.1 Å². The molecule has 6 heteroatoms. The summed E-state index contributed by atoms with van der Waals surface area (Å²) in [5.74, 6) is 1.53. The number of H-pyrrole nitrogens is 1. The van der Waals surface area contributed by atoms with Crippen molar-refractivity contribution < 1.29 is 9.53 Å². The number of nitrogens with zero attached hydrogens (tertiary/aromatic N) is 2. The Morgan fingerprint density at radius 2 is 2.08 bits per heavy atom. The lowest BCUT2D eigenvalue weighted by molar-refractivity contribution is -0.116. The summed E-state index contributed by atoms with van der Waals surface area (Å²) < 4.78 is 5.65. The van der Waals surface area contributed by atoms with Crippen LogP contribution in [0.3, 0.4) is 0 Å². The first-order valence-electron chi connectivity index (χ1n) is 8.27. The topological polar surface area (TPSA) is 79.9 Å². The number of aromatic amines is 1. The van der Waals surface area contributed by atoms with Crippen molar-refractivity contribution in [3.8, 4) is 17.0 Å². The molecule has 0 bridgehead atoms. The molecule has 1 amide bonds. The number of para-hydroxylation sites is 1. The zero-order chi connectivity index (χ0) is 17.1. The molecule has 6 nitrogen and oxygen atoms in total. The lowest BCUT2D eigenvalue weighted by atomic mass is 9.90. The summed E-state index contributed by atoms with van der Waals surface area (Å²) >= 11 is 0. The van der Waals surface area contributed by atoms with Crippen LogP contribution in [0.2, 0.25) is 0 Å². The highest BCUT2D eigenvalue weighted by molar-refractivity contribution is 5.91. The van der Waals surface area contributed by atoms with Crippen molar-refractivity contribution in [3.63, 3.8) is 0 Å². The molecule has 126 valence electrons. The maximum absolute atomic E-state index is 12.4. The highest BCUT2D eigenvalue weighted by atomic mass is 16.5. The molecule has 0 fully saturated rings. The molecule has 2 aromatic heterocycles. The molecule has 0 radical (unpaired) electrons. The highest BCUT2D eigenvalue weighted by Crippen LogP contribution is 2.35. The second-order valence-corrected chi connectivity index (χ2v) is 6.03. The van der Waals surface area contributed by atoms with Gasteiger partial charge < -0.3 is 10.1 Å². The number of benzene rings is 1. The number of rotatable bonds is 4. The minimum atomic E-state index is -0.0468. The molecule has 0 saturated carbocycles. The fourth-order valence-corrected chi connectivity index (χ4v) is 3.11. The van der Waals surface area contributed by atoms with E-state index >= 15 is 0 Å². The maximum atomic E-state index is 12.4. The van der Waals surface area contributed by atoms with Crippen LogP contribution in [0.1, 0.15) is 24.3 Å². The van der Waals surface area contributed by atoms with E-state index in [1.165, 1.54) is 0 Å². The summed E-state index contributed by atoms with van der Waals surface area (Å²) in [5, 5.41) is 9.97. The summed E-state index contributed by atoms with van der Waals surface area (Å²) in [6, 6.07) is 13.5. The van der Waals surface area contributed by atoms with Gasteiger partial charge in [-0.1, -0.05) is 18.2 Å². The van der Waals surface area contributed by atoms with Crippen LogP contribution in [0.5, 0.6) is 5.75 Å². The average molecular weight is 334 g/mol. The molecular formula is C19H18N4O2. The second kappa shape index (κ2) is 6.76. The summed E-state index contributed by atoms with van der Waals surface area (Å²) in [6.07, 6.45) is 4.69. The Bertz CT molecular complexity index is 876. The SMILES string of the molecule is O=C(C[C@@H]1CCOc2ccccc21)Nc1cc(-c2ccncc2)[nH]n1. The van der Waals surface area contributed by atoms with Crippen molar-refractivity contribution in [2.75, 3.05) is 11.9 Å². The fraction of sp³-hybridized carbons (Fsp3) is 0.211. The first-order chi connectivity index (χ1) is 12.3. The number of nitrogens with one attached hydrogen (secondary N) is 2. The van der Waals surface area contributed by atoms with Crippen LogP contribution < -0.4 is 10.1 Å². The van der Waals surface area contributed by atoms with E-state index in [-0.39, 0.29) is 11.8 Å². The zero-order valence-corrected chi connectivity index (χ0v) is 13.6. The Hall–Kier alpha value is -3.15. The van der Waals surface area contributed by atoms with E-state index in [9.17, 15) is 4.79 Å². The third kappa shape index (κ3) is 3.38. The van der Waals surface area contributed by atoms with Gasteiger partial charge in [0.05, 0.1) is 12.3 Å². The van der Waals surface area contributed by atoms with Crippen LogP contribution >= 0.6 is 0 Å². The fourth-order valence-electron chi connectivity index (χ4n) is 3.11. The Kier molecular flexibility index (Phi) is 4.16. The molecule has 1 aromatic carbocycles. The molecule has 1 aliphatic heterocycles. The lowest BCUT2D eigenvalue weighted by Gasteiger charge is -2.25. The second-order valence-electron chi connectivity index (χ2n) is 6.03. The van der Waals surface area contributed by atoms with Crippen molar-refractivity contribution in [2.24, 2.45) is 0 Å². The van der Waals surface area contributed by atoms with Crippen LogP contribution in [0.4, 0.5) is 5.82 Å². The largest absolute Gasteiger partial charge is 0.493 e. The summed E-state index contributed by atoms with van der Waals surface area (Å²) in [4.78, 5) is 16.4. The number of fused-ring (bicyclic) bond motifs is 1. The summed E-state index contributed by atoms with van der Waals surface area (Å²) in [7, 11) is 0. The van der Waals surface area contributed by atoms with Crippen LogP contribution in [-0.2, 0) is 4.79 Å². The Morgan fingerprint density at radius 3 is 2.96 bits per heavy atom. The predicted octanol–water partition coefficient (Wildman–Crippen LogP) is 3.37. The number of ether oxygens (including phenoxy) is 1. The molecule has 0 spiro atoms. The molecule has 25 heavy (non-hydrogen) atoms. The molecule has 3 aromatic rings. The molecule has 3 heterocycles. The van der Waals surface area contributed by atoms with E-state index in [1.54, 1.807) is 12.4 Å². The molecule has 0 unspecified atom stereocenters. The van der Waals surface area contributed by atoms with Crippen LogP contribution in [0.15, 0.2) is 54.9 Å². The number of carbonyl (C=O) groups is 1. The third-order valence-corrected chi connectivity index (χ3v) is 4.35. The quantitative estimate of drug-likeness (QED) is 0.766. The van der Waals surface area contributed by atoms with Gasteiger partial charge >= 0.3 is 0 Å². The highest BCUT2D eigenvalue weighted by Gasteiger charge is 2.23. The Morgan fingerprint density at radius 1 is 1.24 bits per heavy atom. The van der Waals surface area contributed by atoms with E-state index in [0.29, 0.717) is 18.8 Å². The summed E-state index contributed by atoms with van der Waals surface area (Å²) in [6.45, 7) is 0.642. The number of anilines is 1. The molecule has 1 aliphatic rings. The van der Waals surface area contributed by atoms with E-state index in [4.69, 9.17) is 4.74 Å². The van der Waals surface area contributed by atoms with Crippen LogP contribution in [0.25, 0.3) is 11.3 Å². The number of pyridine rings is 1. The van der Waals surface area contributed by atoms with Crippen LogP contribution in [0, 0.1) is 0 Å². The zero-order valence-electron chi connectivity index (χ0n) is 13.6. The number of aromatic nitrogens is 3. The molecule has 0 aliphatic carbocycles. The molecule has 2 N–H and O–H groups in total. The Balaban J connectivity index is 1.43. The van der Waals surface area contributed by atoms with Crippen LogP contribution in [-0.4, -0.2) is 27.7 Å². The standard InChI is InChI=1S/C19H18N4O2/c24-19(11-14-7-10-25-17-4-2-1-3-15(14)17)21-18-12-16(22-23-18)13-5-8-20-9-6-13/h1-6,8-9,12,14H,7,10-11H2,(H2,21,22,23,24)/t14-/m0/s1. The van der Waals surface area contributed by atoms with E-state index in [0.717, 1.165) is 29.0 Å². The monoisotopic (exact) mass is 334 g/mol. The first kappa shape index (κ1) is 15.4. The minimum absolute atomic E-state index is 0.0468. The number of hydrogen-bond acceptors (Lipinski definition) is 4. The minimum Gasteiger partial charge on any atom is -0.493 e. The van der Waals surface area contributed by atoms with Crippen molar-refractivity contribution in [3.05, 3.63) is 60.4 Å². The average Bonchev–Trinajstić information content (AvgIpc) is 3.11. The van der Waals surface area contributed by atoms with Crippen molar-refractivity contribution in [1.29, 1.82) is 0 Å². The predicted molar refractivity (Wildman–Crippen MR) is 94.4 cm³/mol. The first-order valence-corrected chi connectivity index (χ1v) is 8.27. The number of amides is 1. The van der Waals surface area contributed by atoms with Crippen molar-refractivity contribution >= 4 is 11.7 Å². The lowest BCUT2D eigenvalue weighted by Crippen LogP contribution is -2.20. The van der Waals surface area contributed by atoms with Crippen molar-refractivity contribution in [2.45, 2.75) is 18.8 Å². The molecule has 1 atom stereocenters. The number of hydrogen-bond donors (Lipinski definition) is 2. The molecule has 4 rings (SSSR count). The van der Waals surface area contributed by atoms with E-state index in [2.05, 4.69) is 20.5 Å². The normalized spacial score (nSPS) is 15.9. The summed E-state index contributed by atoms with van der Waals surface area (Å²) in [5.41, 5.74) is 2.92. The van der Waals surface area contributed by atoms with Gasteiger partial charge in [0.2, 0.25) is 5.91 Å². The van der Waals surface area contributed by atoms with Gasteiger partial charge in [0.1, 0.15) is 5.75 Å². The molecule has 0 saturated heterocycles. The van der Waals surface area contributed by atoms with Gasteiger partial charge in [-0.25, -0.2) is 0 Å². The molecular weight excluding hydrogens is 316 g/mol.